The largest absolute Gasteiger partial charge is 0.503 e. The van der Waals surface area contributed by atoms with E-state index >= 15 is 0 Å². The molecular weight excluding hydrogens is 262 g/mol. The molecular formula is C18H23NO2. The van der Waals surface area contributed by atoms with Crippen molar-refractivity contribution in [3.63, 3.8) is 0 Å². The highest BCUT2D eigenvalue weighted by atomic mass is 16.3. The summed E-state index contributed by atoms with van der Waals surface area (Å²) >= 11 is 0. The van der Waals surface area contributed by atoms with E-state index in [9.17, 15) is 9.90 Å². The molecule has 0 spiro atoms. The Labute approximate surface area is 125 Å². The van der Waals surface area contributed by atoms with E-state index in [4.69, 9.17) is 0 Å². The Balaban J connectivity index is 2.12. The van der Waals surface area contributed by atoms with Gasteiger partial charge in [0.2, 0.25) is 5.43 Å². The number of nitrogens with zero attached hydrogens (tertiary/aromatic N) is 1. The average molecular weight is 285 g/mol. The van der Waals surface area contributed by atoms with Crippen LogP contribution in [0.5, 0.6) is 5.75 Å². The van der Waals surface area contributed by atoms with Crippen molar-refractivity contribution in [1.29, 1.82) is 0 Å². The number of pyridine rings is 1. The fraction of sp³-hybridized carbons (Fsp3) is 0.389. The van der Waals surface area contributed by atoms with Crippen molar-refractivity contribution >= 4 is 0 Å². The molecule has 0 aliphatic carbocycles. The Morgan fingerprint density at radius 3 is 2.43 bits per heavy atom. The number of aryl methyl sites for hydroxylation is 1. The van der Waals surface area contributed by atoms with Crippen LogP contribution >= 0.6 is 0 Å². The summed E-state index contributed by atoms with van der Waals surface area (Å²) in [5.74, 6) is -0.179. The summed E-state index contributed by atoms with van der Waals surface area (Å²) in [6.45, 7) is 3.96. The standard InChI is InChI=1S/C18H23NO2/c1-3-4-5-6-7-15-8-10-16(11-9-15)19-13-12-17(20)18(21)14(19)2/h8-13,21H,3-7H2,1-2H3. The van der Waals surface area contributed by atoms with Crippen LogP contribution in [0.3, 0.4) is 0 Å². The van der Waals surface area contributed by atoms with E-state index in [1.54, 1.807) is 13.1 Å². The molecule has 0 saturated carbocycles. The first kappa shape index (κ1) is 15.4. The van der Waals surface area contributed by atoms with Crippen molar-refractivity contribution in [3.8, 4) is 11.4 Å². The number of hydrogen-bond donors (Lipinski definition) is 1. The molecule has 1 heterocycles. The van der Waals surface area contributed by atoms with Crippen LogP contribution in [0.4, 0.5) is 0 Å². The lowest BCUT2D eigenvalue weighted by Crippen LogP contribution is -2.08. The van der Waals surface area contributed by atoms with Crippen LogP contribution in [0.2, 0.25) is 0 Å². The highest BCUT2D eigenvalue weighted by Gasteiger charge is 2.06. The Bertz CT molecular complexity index is 641. The van der Waals surface area contributed by atoms with Crippen molar-refractivity contribution in [1.82, 2.24) is 4.57 Å². The summed E-state index contributed by atoms with van der Waals surface area (Å²) in [5, 5.41) is 9.74. The molecule has 0 aliphatic heterocycles. The van der Waals surface area contributed by atoms with Gasteiger partial charge < -0.3 is 9.67 Å². The van der Waals surface area contributed by atoms with Gasteiger partial charge in [-0.15, -0.1) is 0 Å². The van der Waals surface area contributed by atoms with Gasteiger partial charge in [-0.3, -0.25) is 4.79 Å². The molecule has 0 radical (unpaired) electrons. The van der Waals surface area contributed by atoms with E-state index < -0.39 is 0 Å². The fourth-order valence-corrected chi connectivity index (χ4v) is 2.48. The van der Waals surface area contributed by atoms with E-state index in [1.165, 1.54) is 37.3 Å². The van der Waals surface area contributed by atoms with Crippen LogP contribution in [0.15, 0.2) is 41.3 Å². The Hall–Kier alpha value is -2.03. The molecule has 3 heteroatoms. The van der Waals surface area contributed by atoms with Crippen LogP contribution in [-0.2, 0) is 6.42 Å². The van der Waals surface area contributed by atoms with E-state index in [1.807, 2.05) is 16.7 Å². The van der Waals surface area contributed by atoms with Gasteiger partial charge in [0.1, 0.15) is 0 Å². The second kappa shape index (κ2) is 7.11. The third-order valence-corrected chi connectivity index (χ3v) is 3.85. The maximum Gasteiger partial charge on any atom is 0.223 e. The lowest BCUT2D eigenvalue weighted by molar-refractivity contribution is 0.459. The lowest BCUT2D eigenvalue weighted by atomic mass is 10.1. The van der Waals surface area contributed by atoms with E-state index in [-0.39, 0.29) is 11.2 Å². The van der Waals surface area contributed by atoms with Gasteiger partial charge in [0, 0.05) is 18.0 Å². The second-order valence-electron chi connectivity index (χ2n) is 5.46. The summed E-state index contributed by atoms with van der Waals surface area (Å²) < 4.78 is 1.83. The minimum atomic E-state index is -0.337. The van der Waals surface area contributed by atoms with E-state index in [0.29, 0.717) is 5.69 Å². The fourth-order valence-electron chi connectivity index (χ4n) is 2.48. The monoisotopic (exact) mass is 285 g/mol. The first-order valence-corrected chi connectivity index (χ1v) is 7.64. The number of aromatic hydroxyl groups is 1. The molecule has 0 fully saturated rings. The predicted octanol–water partition coefficient (Wildman–Crippen LogP) is 3.97. The van der Waals surface area contributed by atoms with Crippen LogP contribution in [0, 0.1) is 6.92 Å². The van der Waals surface area contributed by atoms with Gasteiger partial charge in [-0.2, -0.15) is 0 Å². The van der Waals surface area contributed by atoms with Gasteiger partial charge in [0.05, 0.1) is 5.69 Å². The SMILES string of the molecule is CCCCCCc1ccc(-n2ccc(=O)c(O)c2C)cc1. The minimum absolute atomic E-state index is 0.179. The smallest absolute Gasteiger partial charge is 0.223 e. The quantitative estimate of drug-likeness (QED) is 0.816. The van der Waals surface area contributed by atoms with Crippen molar-refractivity contribution in [2.45, 2.75) is 46.0 Å². The minimum Gasteiger partial charge on any atom is -0.503 e. The summed E-state index contributed by atoms with van der Waals surface area (Å²) in [5.41, 5.74) is 2.52. The first-order chi connectivity index (χ1) is 10.1. The van der Waals surface area contributed by atoms with Crippen LogP contribution in [-0.4, -0.2) is 9.67 Å². The molecule has 0 unspecified atom stereocenters. The third-order valence-electron chi connectivity index (χ3n) is 3.85. The normalized spacial score (nSPS) is 10.8. The molecule has 2 rings (SSSR count). The predicted molar refractivity (Wildman–Crippen MR) is 86.3 cm³/mol. The maximum absolute atomic E-state index is 11.4. The molecule has 0 atom stereocenters. The summed E-state index contributed by atoms with van der Waals surface area (Å²) in [6, 6.07) is 9.70. The number of unbranched alkanes of at least 4 members (excludes halogenated alkanes) is 3. The molecule has 2 aromatic rings. The Morgan fingerprint density at radius 2 is 1.76 bits per heavy atom. The Morgan fingerprint density at radius 1 is 1.05 bits per heavy atom. The van der Waals surface area contributed by atoms with Crippen LogP contribution in [0.25, 0.3) is 5.69 Å². The van der Waals surface area contributed by atoms with Crippen molar-refractivity contribution in [2.24, 2.45) is 0 Å². The van der Waals surface area contributed by atoms with Gasteiger partial charge in [-0.1, -0.05) is 38.3 Å². The molecule has 0 bridgehead atoms. The molecule has 21 heavy (non-hydrogen) atoms. The number of rotatable bonds is 6. The maximum atomic E-state index is 11.4. The highest BCUT2D eigenvalue weighted by Crippen LogP contribution is 2.17. The van der Waals surface area contributed by atoms with Crippen LogP contribution in [0.1, 0.15) is 43.9 Å². The Kier molecular flexibility index (Phi) is 5.20. The summed E-state index contributed by atoms with van der Waals surface area (Å²) in [7, 11) is 0. The first-order valence-electron chi connectivity index (χ1n) is 7.64. The zero-order valence-corrected chi connectivity index (χ0v) is 12.8. The lowest BCUT2D eigenvalue weighted by Gasteiger charge is -2.12. The zero-order valence-electron chi connectivity index (χ0n) is 12.8. The molecule has 1 aromatic heterocycles. The molecule has 0 aliphatic rings. The number of hydrogen-bond acceptors (Lipinski definition) is 2. The molecule has 3 nitrogen and oxygen atoms in total. The number of benzene rings is 1. The average Bonchev–Trinajstić information content (AvgIpc) is 2.50. The third kappa shape index (κ3) is 3.75. The van der Waals surface area contributed by atoms with Gasteiger partial charge in [0.25, 0.3) is 0 Å². The van der Waals surface area contributed by atoms with Gasteiger partial charge in [-0.05, 0) is 37.5 Å². The topological polar surface area (TPSA) is 42.2 Å². The van der Waals surface area contributed by atoms with Gasteiger partial charge >= 0.3 is 0 Å². The second-order valence-corrected chi connectivity index (χ2v) is 5.46. The van der Waals surface area contributed by atoms with Crippen molar-refractivity contribution in [3.05, 3.63) is 58.0 Å². The molecule has 1 N–H and O–H groups in total. The molecule has 1 aromatic carbocycles. The van der Waals surface area contributed by atoms with Crippen molar-refractivity contribution in [2.75, 3.05) is 0 Å². The molecule has 112 valence electrons. The summed E-state index contributed by atoms with van der Waals surface area (Å²) in [4.78, 5) is 11.4. The van der Waals surface area contributed by atoms with Gasteiger partial charge in [-0.25, -0.2) is 0 Å². The summed E-state index contributed by atoms with van der Waals surface area (Å²) in [6.07, 6.45) is 7.88. The molecule has 0 amide bonds. The zero-order chi connectivity index (χ0) is 15.2. The highest BCUT2D eigenvalue weighted by molar-refractivity contribution is 5.40. The van der Waals surface area contributed by atoms with E-state index in [2.05, 4.69) is 19.1 Å². The van der Waals surface area contributed by atoms with Crippen molar-refractivity contribution < 1.29 is 5.11 Å². The van der Waals surface area contributed by atoms with E-state index in [0.717, 1.165) is 12.1 Å². The molecule has 0 saturated heterocycles. The van der Waals surface area contributed by atoms with Gasteiger partial charge in [0.15, 0.2) is 5.75 Å². The number of aromatic nitrogens is 1. The van der Waals surface area contributed by atoms with Crippen LogP contribution < -0.4 is 5.43 Å².